The van der Waals surface area contributed by atoms with Gasteiger partial charge < -0.3 is 40.3 Å². The molecule has 1 saturated heterocycles. The lowest BCUT2D eigenvalue weighted by Crippen LogP contribution is -2.37. The predicted octanol–water partition coefficient (Wildman–Crippen LogP) is 2.63. The second kappa shape index (κ2) is 22.4. The molecule has 27 heteroatoms. The third kappa shape index (κ3) is 17.5. The summed E-state index contributed by atoms with van der Waals surface area (Å²) in [7, 11) is -18.6. The summed E-state index contributed by atoms with van der Waals surface area (Å²) >= 11 is 0. The van der Waals surface area contributed by atoms with E-state index in [1.54, 1.807) is 18.2 Å². The average Bonchev–Trinajstić information content (AvgIpc) is 3.41. The van der Waals surface area contributed by atoms with Gasteiger partial charge in [-0.25, -0.2) is 23.1 Å². The van der Waals surface area contributed by atoms with Gasteiger partial charge in [0.15, 0.2) is 6.23 Å². The summed E-state index contributed by atoms with van der Waals surface area (Å²) in [6, 6.07) is 5.89. The quantitative estimate of drug-likeness (QED) is 0.0405. The Morgan fingerprint density at radius 3 is 1.93 bits per heavy atom. The Hall–Kier alpha value is -2.22. The molecule has 1 aromatic heterocycles. The van der Waals surface area contributed by atoms with Gasteiger partial charge in [-0.15, -0.1) is 6.42 Å². The molecule has 0 aliphatic carbocycles. The Bertz CT molecular complexity index is 1910. The van der Waals surface area contributed by atoms with Gasteiger partial charge in [-0.05, 0) is 68.9 Å². The van der Waals surface area contributed by atoms with Crippen LogP contribution in [0.2, 0.25) is 0 Å². The number of aromatic nitrogens is 2. The number of ether oxygens (including phenoxy) is 1. The number of phosphoric ester groups is 4. The van der Waals surface area contributed by atoms with Crippen molar-refractivity contribution in [2.24, 2.45) is 0 Å². The molecule has 5 unspecified atom stereocenters. The van der Waals surface area contributed by atoms with Crippen LogP contribution in [-0.4, -0.2) is 96.8 Å². The lowest BCUT2D eigenvalue weighted by molar-refractivity contribution is -0.0558. The van der Waals surface area contributed by atoms with Crippen LogP contribution >= 0.6 is 31.3 Å². The molecule has 1 aliphatic heterocycles. The highest BCUT2D eigenvalue weighted by Crippen LogP contribution is 2.50. The van der Waals surface area contributed by atoms with Crippen LogP contribution in [0.3, 0.4) is 0 Å². The normalized spacial score (nSPS) is 22.7. The van der Waals surface area contributed by atoms with Crippen molar-refractivity contribution in [2.45, 2.75) is 83.4 Å². The lowest BCUT2D eigenvalue weighted by atomic mass is 10.1. The second-order valence-corrected chi connectivity index (χ2v) is 18.1. The molecule has 8 atom stereocenters. The molecule has 8 N–H and O–H groups in total. The third-order valence-corrected chi connectivity index (χ3v) is 11.5. The number of hydrogen-bond acceptors (Lipinski definition) is 18. The molecule has 2 heterocycles. The maximum absolute atomic E-state index is 12.8. The first-order valence-electron chi connectivity index (χ1n) is 17.1. The summed E-state index contributed by atoms with van der Waals surface area (Å²) in [5.74, 6) is 2.27. The molecule has 2 aromatic rings. The first kappa shape index (κ1) is 49.1. The fraction of sp³-hybridized carbons (Fsp3) is 0.600. The minimum absolute atomic E-state index is 0.00189. The number of nitrogens with zero attached hydrogens (tertiary/aromatic N) is 2. The monoisotopic (exact) mass is 893 g/mol. The molecule has 1 fully saturated rings. The molecule has 23 nitrogen and oxygen atoms in total. The van der Waals surface area contributed by atoms with Crippen LogP contribution in [0.15, 0.2) is 35.3 Å². The van der Waals surface area contributed by atoms with Gasteiger partial charge in [0.1, 0.15) is 24.1 Å². The highest BCUT2D eigenvalue weighted by atomic mass is 31.2. The zero-order chi connectivity index (χ0) is 42.4. The van der Waals surface area contributed by atoms with Crippen molar-refractivity contribution in [1.82, 2.24) is 9.55 Å². The SMILES string of the molecule is C#Cc1cc(CO)cc(COP(=O)(O)OCCCCOP(=O)(O)OCCCCOP(=O)(O)OC2[C@@H](COP(=O)(O)OC(C)C)O[C@@H](n3ccc(N)nc3=O)[C@H]2O)c1. The molecule has 0 radical (unpaired) electrons. The van der Waals surface area contributed by atoms with Crippen LogP contribution in [0.5, 0.6) is 0 Å². The van der Waals surface area contributed by atoms with Crippen LogP contribution in [-0.2, 0) is 72.4 Å². The smallest absolute Gasteiger partial charge is 0.392 e. The molecular weight excluding hydrogens is 846 g/mol. The van der Waals surface area contributed by atoms with Crippen molar-refractivity contribution in [2.75, 3.05) is 38.8 Å². The van der Waals surface area contributed by atoms with E-state index in [1.807, 2.05) is 0 Å². The van der Waals surface area contributed by atoms with Gasteiger partial charge in [-0.2, -0.15) is 4.98 Å². The van der Waals surface area contributed by atoms with E-state index in [0.29, 0.717) is 16.7 Å². The van der Waals surface area contributed by atoms with E-state index >= 15 is 0 Å². The molecule has 1 aromatic carbocycles. The number of hydrogen-bond donors (Lipinski definition) is 7. The molecule has 322 valence electrons. The zero-order valence-electron chi connectivity index (χ0n) is 30.8. The number of aliphatic hydroxyl groups excluding tert-OH is 2. The van der Waals surface area contributed by atoms with E-state index in [-0.39, 0.29) is 64.5 Å². The van der Waals surface area contributed by atoms with Crippen molar-refractivity contribution < 1.29 is 89.0 Å². The van der Waals surface area contributed by atoms with Crippen LogP contribution in [0.25, 0.3) is 0 Å². The predicted molar refractivity (Wildman–Crippen MR) is 197 cm³/mol. The molecule has 0 amide bonds. The first-order chi connectivity index (χ1) is 26.6. The van der Waals surface area contributed by atoms with Crippen LogP contribution in [0.4, 0.5) is 5.82 Å². The first-order valence-corrected chi connectivity index (χ1v) is 23.1. The van der Waals surface area contributed by atoms with Crippen molar-refractivity contribution in [1.29, 1.82) is 0 Å². The number of rotatable bonds is 26. The highest BCUT2D eigenvalue weighted by Gasteiger charge is 2.50. The van der Waals surface area contributed by atoms with Crippen molar-refractivity contribution >= 4 is 37.1 Å². The summed E-state index contributed by atoms with van der Waals surface area (Å²) in [5, 5.41) is 20.3. The summed E-state index contributed by atoms with van der Waals surface area (Å²) < 4.78 is 95.3. The van der Waals surface area contributed by atoms with Crippen molar-refractivity contribution in [3.8, 4) is 12.3 Å². The Morgan fingerprint density at radius 2 is 1.40 bits per heavy atom. The molecule has 1 aliphatic rings. The molecule has 0 saturated carbocycles. The molecule has 0 spiro atoms. The van der Waals surface area contributed by atoms with E-state index < -0.39 is 80.8 Å². The number of aliphatic hydroxyl groups is 2. The van der Waals surface area contributed by atoms with Crippen LogP contribution in [0, 0.1) is 12.3 Å². The van der Waals surface area contributed by atoms with E-state index in [0.717, 1.165) is 10.8 Å². The number of phosphoric acid groups is 4. The maximum Gasteiger partial charge on any atom is 0.472 e. The summed E-state index contributed by atoms with van der Waals surface area (Å²) in [6.07, 6.45) is -0.594. The molecule has 57 heavy (non-hydrogen) atoms. The van der Waals surface area contributed by atoms with E-state index in [1.165, 1.54) is 19.9 Å². The maximum atomic E-state index is 12.8. The standard InChI is InChI=1S/C30H47N3O20P4/c1-4-22-15-23(18-34)17-24(16-22)19-49-55(39,40)47-13-6-5-11-45-54(37,38)46-12-7-8-14-48-56(41,42)53-28-25(20-50-57(43,44)52-21(2)3)51-29(27(28)35)33-10-9-26(31)32-30(33)36/h1,9-10,15-17,21,25,27-29,34-35H,5-8,11-14,18-20H2,2-3H3,(H,37,38)(H,39,40)(H,41,42)(H,43,44)(H2,31,32,36)/t25-,27+,28?,29-/m1/s1. The van der Waals surface area contributed by atoms with Crippen LogP contribution in [0.1, 0.15) is 62.4 Å². The number of nitrogens with two attached hydrogens (primary N) is 1. The number of anilines is 1. The number of terminal acetylenes is 1. The summed E-state index contributed by atoms with van der Waals surface area (Å²) in [5.41, 5.74) is 5.95. The van der Waals surface area contributed by atoms with Crippen LogP contribution < -0.4 is 11.4 Å². The number of benzene rings is 1. The highest BCUT2D eigenvalue weighted by molar-refractivity contribution is 7.48. The lowest BCUT2D eigenvalue weighted by Gasteiger charge is -2.23. The number of nitrogen functional groups attached to an aromatic ring is 1. The van der Waals surface area contributed by atoms with Gasteiger partial charge in [0.05, 0.1) is 52.4 Å². The van der Waals surface area contributed by atoms with Gasteiger partial charge in [-0.3, -0.25) is 40.8 Å². The fourth-order valence-electron chi connectivity index (χ4n) is 4.86. The molecule has 0 bridgehead atoms. The third-order valence-electron chi connectivity index (χ3n) is 7.33. The van der Waals surface area contributed by atoms with E-state index in [2.05, 4.69) is 10.9 Å². The van der Waals surface area contributed by atoms with Crippen molar-refractivity contribution in [3.05, 3.63) is 57.6 Å². The Balaban J connectivity index is 1.38. The largest absolute Gasteiger partial charge is 0.472 e. The second-order valence-electron chi connectivity index (χ2n) is 12.4. The minimum atomic E-state index is -5.00. The molecular formula is C30H47N3O20P4. The zero-order valence-corrected chi connectivity index (χ0v) is 34.4. The summed E-state index contributed by atoms with van der Waals surface area (Å²) in [4.78, 5) is 56.1. The van der Waals surface area contributed by atoms with E-state index in [4.69, 9.17) is 53.1 Å². The number of unbranched alkanes of at least 4 members (excludes halogenated alkanes) is 2. The topological polar surface area (TPSA) is 334 Å². The minimum Gasteiger partial charge on any atom is -0.392 e. The van der Waals surface area contributed by atoms with Gasteiger partial charge in [0.2, 0.25) is 0 Å². The Morgan fingerprint density at radius 1 is 0.860 bits per heavy atom. The summed E-state index contributed by atoms with van der Waals surface area (Å²) in [6.45, 7) is 0.201. The fourth-order valence-corrected chi connectivity index (χ4v) is 8.32. The van der Waals surface area contributed by atoms with Gasteiger partial charge in [0.25, 0.3) is 0 Å². The Kier molecular flexibility index (Phi) is 19.3. The molecule has 3 rings (SSSR count). The average molecular weight is 894 g/mol. The van der Waals surface area contributed by atoms with Gasteiger partial charge in [-0.1, -0.05) is 12.0 Å². The van der Waals surface area contributed by atoms with Gasteiger partial charge in [0, 0.05) is 11.8 Å². The Labute approximate surface area is 327 Å². The van der Waals surface area contributed by atoms with Crippen molar-refractivity contribution in [3.63, 3.8) is 0 Å². The van der Waals surface area contributed by atoms with E-state index in [9.17, 15) is 52.8 Å². The van der Waals surface area contributed by atoms with Gasteiger partial charge >= 0.3 is 37.0 Å².